The molecule has 0 heterocycles. The summed E-state index contributed by atoms with van der Waals surface area (Å²) in [5.41, 5.74) is 0. The van der Waals surface area contributed by atoms with Crippen molar-refractivity contribution in [1.82, 2.24) is 6.15 Å². The minimum atomic E-state index is 0. The van der Waals surface area contributed by atoms with E-state index in [4.69, 9.17) is 0 Å². The highest BCUT2D eigenvalue weighted by molar-refractivity contribution is 7.58. The zero-order valence-electron chi connectivity index (χ0n) is 9.99. The Morgan fingerprint density at radius 2 is 1.00 bits per heavy atom. The first kappa shape index (κ1) is 16.7. The lowest BCUT2D eigenvalue weighted by Crippen LogP contribution is -1.83. The molecule has 0 aromatic heterocycles. The number of hydrogen-bond donors (Lipinski definition) is 1. The molecule has 1 nitrogen and oxygen atoms in total. The largest absolute Gasteiger partial charge is 0.344 e. The van der Waals surface area contributed by atoms with E-state index in [0.717, 1.165) is 0 Å². The van der Waals surface area contributed by atoms with Gasteiger partial charge >= 0.3 is 0 Å². The van der Waals surface area contributed by atoms with Crippen molar-refractivity contribution in [2.24, 2.45) is 0 Å². The van der Waals surface area contributed by atoms with E-state index in [2.05, 4.69) is 19.6 Å². The van der Waals surface area contributed by atoms with Gasteiger partial charge in [0.05, 0.1) is 0 Å². The smallest absolute Gasteiger partial charge is 0.103 e. The minimum absolute atomic E-state index is 0. The summed E-state index contributed by atoms with van der Waals surface area (Å²) in [7, 11) is 0. The summed E-state index contributed by atoms with van der Waals surface area (Å²) < 4.78 is 0. The topological polar surface area (TPSA) is 35.0 Å². The molecule has 0 atom stereocenters. The van der Waals surface area contributed by atoms with Crippen LogP contribution < -0.4 is 6.15 Å². The maximum atomic E-state index is 3.50. The molecule has 0 saturated carbocycles. The Kier molecular flexibility index (Phi) is 18.8. The summed E-state index contributed by atoms with van der Waals surface area (Å²) in [6, 6.07) is 0. The average molecular weight is 220 g/mol. The van der Waals surface area contributed by atoms with E-state index in [0.29, 0.717) is 0 Å². The van der Waals surface area contributed by atoms with Crippen molar-refractivity contribution < 1.29 is 0 Å². The fraction of sp³-hybridized carbons (Fsp3) is 1.00. The van der Waals surface area contributed by atoms with Crippen LogP contribution in [0.15, 0.2) is 0 Å². The van der Waals surface area contributed by atoms with Gasteiger partial charge in [0.2, 0.25) is 0 Å². The molecule has 0 radical (unpaired) electrons. The molecule has 0 aromatic rings. The molecule has 0 aliphatic heterocycles. The Bertz CT molecular complexity index is 76.4. The van der Waals surface area contributed by atoms with Crippen LogP contribution in [0.1, 0.15) is 71.1 Å². The standard InChI is InChI=1S/C12H26S.H3N/c1-2-3-4-5-6-7-8-9-10-11-12-13;/h13H,2-12H2,1H3;1H3/p+1. The summed E-state index contributed by atoms with van der Waals surface area (Å²) in [4.78, 5) is 0. The van der Waals surface area contributed by atoms with Crippen LogP contribution in [0.3, 0.4) is 0 Å². The van der Waals surface area contributed by atoms with Gasteiger partial charge in [-0.1, -0.05) is 58.3 Å². The lowest BCUT2D eigenvalue weighted by Gasteiger charge is -2.00. The van der Waals surface area contributed by atoms with Crippen molar-refractivity contribution in [3.05, 3.63) is 0 Å². The molecule has 0 saturated heterocycles. The SMILES string of the molecule is CCCCCCCCCCCC[SH2+].N. The highest BCUT2D eigenvalue weighted by atomic mass is 32.1. The molecule has 0 fully saturated rings. The third-order valence-electron chi connectivity index (χ3n) is 2.53. The molecule has 0 bridgehead atoms. The highest BCUT2D eigenvalue weighted by Crippen LogP contribution is 2.10. The van der Waals surface area contributed by atoms with E-state index >= 15 is 0 Å². The van der Waals surface area contributed by atoms with Crippen molar-refractivity contribution in [1.29, 1.82) is 0 Å². The van der Waals surface area contributed by atoms with Crippen LogP contribution in [0.25, 0.3) is 0 Å². The second-order valence-electron chi connectivity index (χ2n) is 3.93. The molecular formula is C12H30NS+. The van der Waals surface area contributed by atoms with Crippen LogP contribution in [0.4, 0.5) is 0 Å². The second kappa shape index (κ2) is 15.8. The van der Waals surface area contributed by atoms with Gasteiger partial charge in [0.1, 0.15) is 5.75 Å². The summed E-state index contributed by atoms with van der Waals surface area (Å²) in [5.74, 6) is 1.18. The van der Waals surface area contributed by atoms with Gasteiger partial charge in [-0.3, -0.25) is 0 Å². The van der Waals surface area contributed by atoms with Gasteiger partial charge in [-0.05, 0) is 25.5 Å². The van der Waals surface area contributed by atoms with E-state index in [1.165, 1.54) is 70.0 Å². The molecule has 0 aliphatic rings. The minimum Gasteiger partial charge on any atom is -0.344 e. The molecular weight excluding hydrogens is 190 g/mol. The van der Waals surface area contributed by atoms with E-state index in [1.807, 2.05) is 0 Å². The molecule has 14 heavy (non-hydrogen) atoms. The van der Waals surface area contributed by atoms with Crippen LogP contribution in [0.5, 0.6) is 0 Å². The van der Waals surface area contributed by atoms with Crippen molar-refractivity contribution in [2.45, 2.75) is 71.1 Å². The molecule has 0 aliphatic carbocycles. The fourth-order valence-electron chi connectivity index (χ4n) is 1.61. The van der Waals surface area contributed by atoms with Crippen LogP contribution in [-0.4, -0.2) is 5.75 Å². The number of unbranched alkanes of at least 4 members (excludes halogenated alkanes) is 9. The first-order valence-electron chi connectivity index (χ1n) is 6.06. The van der Waals surface area contributed by atoms with Gasteiger partial charge in [0.25, 0.3) is 0 Å². The van der Waals surface area contributed by atoms with Crippen LogP contribution in [0, 0.1) is 0 Å². The molecule has 0 rings (SSSR count). The monoisotopic (exact) mass is 220 g/mol. The maximum absolute atomic E-state index is 3.50. The Hall–Kier alpha value is 0.310. The predicted molar refractivity (Wildman–Crippen MR) is 71.9 cm³/mol. The molecule has 88 valence electrons. The second-order valence-corrected chi connectivity index (χ2v) is 4.43. The predicted octanol–water partition coefficient (Wildman–Crippen LogP) is 4.08. The van der Waals surface area contributed by atoms with Gasteiger partial charge in [-0.25, -0.2) is 0 Å². The Balaban J connectivity index is 0. The van der Waals surface area contributed by atoms with Crippen molar-refractivity contribution in [3.8, 4) is 0 Å². The molecule has 2 heteroatoms. The molecule has 0 spiro atoms. The first-order chi connectivity index (χ1) is 6.41. The average Bonchev–Trinajstić information content (AvgIpc) is 2.16. The van der Waals surface area contributed by atoms with Gasteiger partial charge in [0.15, 0.2) is 0 Å². The summed E-state index contributed by atoms with van der Waals surface area (Å²) in [5, 5.41) is 0. The van der Waals surface area contributed by atoms with Crippen molar-refractivity contribution in [2.75, 3.05) is 5.75 Å². The Labute approximate surface area is 96.0 Å². The number of rotatable bonds is 10. The highest BCUT2D eigenvalue weighted by Gasteiger charge is 1.91. The Morgan fingerprint density at radius 1 is 0.643 bits per heavy atom. The van der Waals surface area contributed by atoms with Crippen molar-refractivity contribution >= 4 is 12.6 Å². The first-order valence-corrected chi connectivity index (χ1v) is 6.77. The van der Waals surface area contributed by atoms with Crippen LogP contribution in [-0.2, 0) is 12.6 Å². The van der Waals surface area contributed by atoms with Crippen molar-refractivity contribution in [3.63, 3.8) is 0 Å². The maximum Gasteiger partial charge on any atom is 0.103 e. The fourth-order valence-corrected chi connectivity index (χ4v) is 1.86. The van der Waals surface area contributed by atoms with Gasteiger partial charge in [0, 0.05) is 0 Å². The summed E-state index contributed by atoms with van der Waals surface area (Å²) in [6.45, 7) is 2.28. The van der Waals surface area contributed by atoms with Crippen LogP contribution >= 0.6 is 0 Å². The summed E-state index contributed by atoms with van der Waals surface area (Å²) >= 11 is 3.50. The normalized spacial score (nSPS) is 9.86. The van der Waals surface area contributed by atoms with Gasteiger partial charge in [-0.2, -0.15) is 0 Å². The molecule has 0 aromatic carbocycles. The lowest BCUT2D eigenvalue weighted by molar-refractivity contribution is 0.563. The third kappa shape index (κ3) is 14.8. The van der Waals surface area contributed by atoms with Crippen LogP contribution in [0.2, 0.25) is 0 Å². The van der Waals surface area contributed by atoms with E-state index in [1.54, 1.807) is 0 Å². The van der Waals surface area contributed by atoms with Gasteiger partial charge in [-0.15, -0.1) is 0 Å². The molecule has 0 amide bonds. The van der Waals surface area contributed by atoms with E-state index in [-0.39, 0.29) is 6.15 Å². The molecule has 3 N–H and O–H groups in total. The molecule has 0 unspecified atom stereocenters. The quantitative estimate of drug-likeness (QED) is 0.437. The third-order valence-corrected chi connectivity index (χ3v) is 2.88. The van der Waals surface area contributed by atoms with E-state index in [9.17, 15) is 0 Å². The summed E-state index contributed by atoms with van der Waals surface area (Å²) in [6.07, 6.45) is 14.3. The lowest BCUT2D eigenvalue weighted by atomic mass is 10.1. The van der Waals surface area contributed by atoms with E-state index < -0.39 is 0 Å². The zero-order valence-corrected chi connectivity index (χ0v) is 11.0. The zero-order chi connectivity index (χ0) is 9.78. The Morgan fingerprint density at radius 3 is 1.36 bits per heavy atom. The number of hydrogen-bond acceptors (Lipinski definition) is 1. The van der Waals surface area contributed by atoms with Gasteiger partial charge < -0.3 is 6.15 Å².